The number of aliphatic imine (C=N–C) groups is 1. The van der Waals surface area contributed by atoms with E-state index in [4.69, 9.17) is 11.6 Å². The van der Waals surface area contributed by atoms with Gasteiger partial charge in [-0.25, -0.2) is 4.79 Å². The Morgan fingerprint density at radius 2 is 1.50 bits per heavy atom. The van der Waals surface area contributed by atoms with Gasteiger partial charge in [0.05, 0.1) is 10.4 Å². The van der Waals surface area contributed by atoms with Crippen molar-refractivity contribution in [3.05, 3.63) is 35.4 Å². The molecular weight excluding hydrogens is 222 g/mol. The van der Waals surface area contributed by atoms with Crippen LogP contribution in [0.1, 0.15) is 38.8 Å². The first-order valence-electron chi connectivity index (χ1n) is 5.16. The van der Waals surface area contributed by atoms with Crippen LogP contribution >= 0.6 is 11.6 Å². The lowest BCUT2D eigenvalue weighted by Crippen LogP contribution is -2.14. The van der Waals surface area contributed by atoms with E-state index in [-0.39, 0.29) is 4.87 Å². The largest absolute Gasteiger partial charge is 0.235 e. The quantitative estimate of drug-likeness (QED) is 0.448. The van der Waals surface area contributed by atoms with Crippen molar-refractivity contribution in [1.29, 1.82) is 0 Å². The molecule has 0 saturated carbocycles. The van der Waals surface area contributed by atoms with Crippen LogP contribution in [0.3, 0.4) is 0 Å². The van der Waals surface area contributed by atoms with Crippen molar-refractivity contribution >= 4 is 17.7 Å². The molecule has 0 amide bonds. The van der Waals surface area contributed by atoms with E-state index in [0.29, 0.717) is 0 Å². The maximum Gasteiger partial charge on any atom is 0.235 e. The van der Waals surface area contributed by atoms with Crippen molar-refractivity contribution in [2.24, 2.45) is 4.99 Å². The Balaban J connectivity index is 3.09. The third-order valence-electron chi connectivity index (χ3n) is 2.60. The Bertz CT molecular complexity index is 409. The average Bonchev–Trinajstić information content (AvgIpc) is 2.16. The predicted octanol–water partition coefficient (Wildman–Crippen LogP) is 3.73. The van der Waals surface area contributed by atoms with Gasteiger partial charge < -0.3 is 0 Å². The number of halogens is 1. The van der Waals surface area contributed by atoms with Gasteiger partial charge in [-0.05, 0) is 38.8 Å². The molecule has 16 heavy (non-hydrogen) atoms. The minimum atomic E-state index is -0.531. The Hall–Kier alpha value is -1.11. The molecule has 2 nitrogen and oxygen atoms in total. The van der Waals surface area contributed by atoms with Gasteiger partial charge in [-0.3, -0.25) is 0 Å². The third kappa shape index (κ3) is 2.94. The Kier molecular flexibility index (Phi) is 3.57. The number of nitrogens with zero attached hydrogens (tertiary/aromatic N) is 1. The number of hydrogen-bond acceptors (Lipinski definition) is 2. The second-order valence-electron chi connectivity index (χ2n) is 4.81. The lowest BCUT2D eigenvalue weighted by Gasteiger charge is -2.21. The topological polar surface area (TPSA) is 29.4 Å². The molecule has 1 rings (SSSR count). The van der Waals surface area contributed by atoms with Crippen molar-refractivity contribution in [3.8, 4) is 0 Å². The van der Waals surface area contributed by atoms with E-state index in [9.17, 15) is 4.79 Å². The fraction of sp³-hybridized carbons (Fsp3) is 0.462. The van der Waals surface area contributed by atoms with E-state index in [1.807, 2.05) is 52.0 Å². The fourth-order valence-corrected chi connectivity index (χ4v) is 1.58. The number of alkyl halides is 1. The third-order valence-corrected chi connectivity index (χ3v) is 2.82. The molecule has 1 aromatic carbocycles. The second kappa shape index (κ2) is 4.40. The second-order valence-corrected chi connectivity index (χ2v) is 5.76. The summed E-state index contributed by atoms with van der Waals surface area (Å²) in [5.74, 6) is 0. The van der Waals surface area contributed by atoms with Crippen LogP contribution in [0.5, 0.6) is 0 Å². The number of rotatable bonds is 3. The SMILES string of the molecule is CC(C)(Cl)c1ccc(C(C)(C)N=C=O)cc1. The zero-order valence-corrected chi connectivity index (χ0v) is 10.8. The number of isocyanates is 1. The molecule has 0 atom stereocenters. The van der Waals surface area contributed by atoms with Gasteiger partial charge in [0.15, 0.2) is 0 Å². The summed E-state index contributed by atoms with van der Waals surface area (Å²) in [5, 5.41) is 0. The van der Waals surface area contributed by atoms with Crippen LogP contribution < -0.4 is 0 Å². The van der Waals surface area contributed by atoms with Gasteiger partial charge in [-0.1, -0.05) is 24.3 Å². The maximum atomic E-state index is 10.3. The smallest absolute Gasteiger partial charge is 0.211 e. The van der Waals surface area contributed by atoms with Crippen molar-refractivity contribution in [2.75, 3.05) is 0 Å². The van der Waals surface area contributed by atoms with E-state index in [1.165, 1.54) is 0 Å². The average molecular weight is 238 g/mol. The first kappa shape index (κ1) is 13.0. The predicted molar refractivity (Wildman–Crippen MR) is 66.5 cm³/mol. The maximum absolute atomic E-state index is 10.3. The molecule has 0 aromatic heterocycles. The monoisotopic (exact) mass is 237 g/mol. The highest BCUT2D eigenvalue weighted by molar-refractivity contribution is 6.23. The molecule has 0 fully saturated rings. The summed E-state index contributed by atoms with van der Waals surface area (Å²) in [7, 11) is 0. The molecule has 0 unspecified atom stereocenters. The molecular formula is C13H16ClNO. The molecule has 0 N–H and O–H groups in total. The first-order valence-corrected chi connectivity index (χ1v) is 5.54. The van der Waals surface area contributed by atoms with Gasteiger partial charge in [0.25, 0.3) is 0 Å². The van der Waals surface area contributed by atoms with E-state index in [0.717, 1.165) is 11.1 Å². The van der Waals surface area contributed by atoms with E-state index >= 15 is 0 Å². The molecule has 0 saturated heterocycles. The van der Waals surface area contributed by atoms with Crippen LogP contribution in [-0.4, -0.2) is 6.08 Å². The van der Waals surface area contributed by atoms with Gasteiger partial charge in [0.2, 0.25) is 6.08 Å². The minimum Gasteiger partial charge on any atom is -0.211 e. The number of hydrogen-bond donors (Lipinski definition) is 0. The standard InChI is InChI=1S/C13H16ClNO/c1-12(2,14)10-5-7-11(8-6-10)13(3,4)15-9-16/h5-8H,1-4H3. The summed E-state index contributed by atoms with van der Waals surface area (Å²) in [6, 6.07) is 7.81. The highest BCUT2D eigenvalue weighted by Gasteiger charge is 2.21. The van der Waals surface area contributed by atoms with Gasteiger partial charge in [-0.2, -0.15) is 4.99 Å². The molecule has 0 spiro atoms. The zero-order valence-electron chi connectivity index (χ0n) is 10.0. The van der Waals surface area contributed by atoms with Crippen LogP contribution in [0.4, 0.5) is 0 Å². The molecule has 0 bridgehead atoms. The van der Waals surface area contributed by atoms with Gasteiger partial charge in [0.1, 0.15) is 0 Å². The first-order chi connectivity index (χ1) is 7.27. The molecule has 3 heteroatoms. The van der Waals surface area contributed by atoms with Crippen LogP contribution in [0.15, 0.2) is 29.3 Å². The fourth-order valence-electron chi connectivity index (χ4n) is 1.45. The molecule has 1 aromatic rings. The van der Waals surface area contributed by atoms with E-state index < -0.39 is 5.54 Å². The summed E-state index contributed by atoms with van der Waals surface area (Å²) >= 11 is 6.20. The Morgan fingerprint density at radius 3 is 1.88 bits per heavy atom. The van der Waals surface area contributed by atoms with Crippen molar-refractivity contribution in [1.82, 2.24) is 0 Å². The Morgan fingerprint density at radius 1 is 1.06 bits per heavy atom. The van der Waals surface area contributed by atoms with Crippen molar-refractivity contribution in [2.45, 2.75) is 38.1 Å². The highest BCUT2D eigenvalue weighted by Crippen LogP contribution is 2.30. The summed E-state index contributed by atoms with van der Waals surface area (Å²) in [4.78, 5) is 13.7. The number of benzene rings is 1. The summed E-state index contributed by atoms with van der Waals surface area (Å²) in [5.41, 5.74) is 1.49. The Labute approximate surface area is 101 Å². The molecule has 0 aliphatic heterocycles. The molecule has 0 heterocycles. The summed E-state index contributed by atoms with van der Waals surface area (Å²) in [6.45, 7) is 7.63. The van der Waals surface area contributed by atoms with Crippen LogP contribution in [0.25, 0.3) is 0 Å². The number of carbonyl (C=O) groups excluding carboxylic acids is 1. The van der Waals surface area contributed by atoms with Crippen LogP contribution in [-0.2, 0) is 15.2 Å². The lowest BCUT2D eigenvalue weighted by molar-refractivity contribution is 0.522. The van der Waals surface area contributed by atoms with Crippen molar-refractivity contribution in [3.63, 3.8) is 0 Å². The summed E-state index contributed by atoms with van der Waals surface area (Å²) < 4.78 is 0. The van der Waals surface area contributed by atoms with Crippen LogP contribution in [0, 0.1) is 0 Å². The van der Waals surface area contributed by atoms with Crippen LogP contribution in [0.2, 0.25) is 0 Å². The summed E-state index contributed by atoms with van der Waals surface area (Å²) in [6.07, 6.45) is 1.60. The van der Waals surface area contributed by atoms with E-state index in [2.05, 4.69) is 4.99 Å². The molecule has 0 aliphatic rings. The molecule has 0 radical (unpaired) electrons. The van der Waals surface area contributed by atoms with Gasteiger partial charge in [0, 0.05) is 0 Å². The lowest BCUT2D eigenvalue weighted by atomic mass is 9.92. The van der Waals surface area contributed by atoms with E-state index in [1.54, 1.807) is 6.08 Å². The van der Waals surface area contributed by atoms with Gasteiger partial charge in [-0.15, -0.1) is 11.6 Å². The van der Waals surface area contributed by atoms with Crippen molar-refractivity contribution < 1.29 is 4.79 Å². The molecule has 0 aliphatic carbocycles. The minimum absolute atomic E-state index is 0.378. The zero-order chi connectivity index (χ0) is 12.4. The highest BCUT2D eigenvalue weighted by atomic mass is 35.5. The molecule has 86 valence electrons. The van der Waals surface area contributed by atoms with Gasteiger partial charge >= 0.3 is 0 Å². The normalized spacial score (nSPS) is 12.1.